The van der Waals surface area contributed by atoms with Crippen molar-refractivity contribution in [3.05, 3.63) is 69.8 Å². The number of carbonyl (C=O) groups excluding carboxylic acids is 1. The second-order valence-electron chi connectivity index (χ2n) is 5.58. The van der Waals surface area contributed by atoms with Gasteiger partial charge in [-0.2, -0.15) is 0 Å². The molecule has 0 saturated heterocycles. The summed E-state index contributed by atoms with van der Waals surface area (Å²) in [5.74, 6) is -0.443. The third-order valence-corrected chi connectivity index (χ3v) is 3.92. The number of aryl methyl sites for hydroxylation is 1. The number of anilines is 2. The molecular weight excluding hydrogens is 358 g/mol. The first-order valence-electron chi connectivity index (χ1n) is 7.46. The first-order valence-corrected chi connectivity index (χ1v) is 9.35. The fraction of sp³-hybridized carbons (Fsp3) is 0.118. The third-order valence-electron chi connectivity index (χ3n) is 3.31. The molecule has 0 spiro atoms. The maximum absolute atomic E-state index is 11.9. The molecule has 1 amide bonds. The fourth-order valence-electron chi connectivity index (χ4n) is 2.12. The molecule has 0 fully saturated rings. The van der Waals surface area contributed by atoms with E-state index in [4.69, 9.17) is 0 Å². The number of amides is 1. The highest BCUT2D eigenvalue weighted by Crippen LogP contribution is 2.22. The van der Waals surface area contributed by atoms with Gasteiger partial charge in [-0.15, -0.1) is 0 Å². The number of carbonyl (C=O) groups is 1. The molecule has 0 bridgehead atoms. The molecule has 0 aliphatic carbocycles. The summed E-state index contributed by atoms with van der Waals surface area (Å²) < 4.78 is 24.6. The van der Waals surface area contributed by atoms with E-state index in [-0.39, 0.29) is 5.69 Å². The summed E-state index contributed by atoms with van der Waals surface area (Å²) in [5.41, 5.74) is 1.87. The molecule has 26 heavy (non-hydrogen) atoms. The van der Waals surface area contributed by atoms with Crippen molar-refractivity contribution < 1.29 is 18.1 Å². The van der Waals surface area contributed by atoms with E-state index in [1.807, 2.05) is 0 Å². The molecule has 8 nitrogen and oxygen atoms in total. The molecule has 0 unspecified atom stereocenters. The lowest BCUT2D eigenvalue weighted by molar-refractivity contribution is -0.385. The van der Waals surface area contributed by atoms with Gasteiger partial charge in [0.1, 0.15) is 0 Å². The van der Waals surface area contributed by atoms with Gasteiger partial charge in [-0.05, 0) is 36.8 Å². The molecule has 2 aromatic carbocycles. The van der Waals surface area contributed by atoms with Crippen molar-refractivity contribution in [3.8, 4) is 0 Å². The Balaban J connectivity index is 2.03. The van der Waals surface area contributed by atoms with Crippen LogP contribution in [0.3, 0.4) is 0 Å². The van der Waals surface area contributed by atoms with Crippen LogP contribution in [0.25, 0.3) is 6.08 Å². The summed E-state index contributed by atoms with van der Waals surface area (Å²) >= 11 is 0. The zero-order valence-electron chi connectivity index (χ0n) is 14.1. The van der Waals surface area contributed by atoms with Crippen LogP contribution in [-0.2, 0) is 14.8 Å². The van der Waals surface area contributed by atoms with Gasteiger partial charge in [-0.1, -0.05) is 18.2 Å². The van der Waals surface area contributed by atoms with Crippen LogP contribution in [0.4, 0.5) is 17.1 Å². The summed E-state index contributed by atoms with van der Waals surface area (Å²) in [4.78, 5) is 22.4. The Bertz CT molecular complexity index is 966. The average Bonchev–Trinajstić information content (AvgIpc) is 2.54. The molecule has 0 aliphatic heterocycles. The van der Waals surface area contributed by atoms with E-state index in [1.165, 1.54) is 12.1 Å². The quantitative estimate of drug-likeness (QED) is 0.457. The van der Waals surface area contributed by atoms with Crippen molar-refractivity contribution in [2.45, 2.75) is 6.92 Å². The van der Waals surface area contributed by atoms with Gasteiger partial charge in [0, 0.05) is 29.1 Å². The van der Waals surface area contributed by atoms with E-state index in [1.54, 1.807) is 49.4 Å². The minimum Gasteiger partial charge on any atom is -0.322 e. The predicted molar refractivity (Wildman–Crippen MR) is 100 cm³/mol. The first-order chi connectivity index (χ1) is 12.1. The summed E-state index contributed by atoms with van der Waals surface area (Å²) in [6.07, 6.45) is 3.88. The molecule has 2 rings (SSSR count). The van der Waals surface area contributed by atoms with E-state index in [9.17, 15) is 23.3 Å². The van der Waals surface area contributed by atoms with Crippen molar-refractivity contribution in [2.75, 3.05) is 16.3 Å². The highest BCUT2D eigenvalue weighted by molar-refractivity contribution is 7.92. The van der Waals surface area contributed by atoms with Gasteiger partial charge in [-0.3, -0.25) is 19.6 Å². The SMILES string of the molecule is Cc1ccc(NC(=O)/C=C/c2ccc(NS(C)(=O)=O)cc2)cc1[N+](=O)[O-]. The largest absolute Gasteiger partial charge is 0.322 e. The van der Waals surface area contributed by atoms with Crippen molar-refractivity contribution in [1.29, 1.82) is 0 Å². The van der Waals surface area contributed by atoms with Gasteiger partial charge in [-0.25, -0.2) is 8.42 Å². The summed E-state index contributed by atoms with van der Waals surface area (Å²) in [6.45, 7) is 1.62. The number of benzene rings is 2. The first kappa shape index (κ1) is 19.1. The Morgan fingerprint density at radius 2 is 1.73 bits per heavy atom. The monoisotopic (exact) mass is 375 g/mol. The van der Waals surface area contributed by atoms with Gasteiger partial charge in [0.05, 0.1) is 11.2 Å². The van der Waals surface area contributed by atoms with E-state index in [0.29, 0.717) is 22.5 Å². The lowest BCUT2D eigenvalue weighted by Gasteiger charge is -2.04. The lowest BCUT2D eigenvalue weighted by Crippen LogP contribution is -2.09. The van der Waals surface area contributed by atoms with Crippen LogP contribution in [-0.4, -0.2) is 25.5 Å². The highest BCUT2D eigenvalue weighted by Gasteiger charge is 2.11. The highest BCUT2D eigenvalue weighted by atomic mass is 32.2. The van der Waals surface area contributed by atoms with Gasteiger partial charge in [0.25, 0.3) is 5.69 Å². The Labute approximate surface area is 150 Å². The smallest absolute Gasteiger partial charge is 0.274 e. The summed E-state index contributed by atoms with van der Waals surface area (Å²) in [5, 5.41) is 13.5. The molecular formula is C17H17N3O5S. The molecule has 0 heterocycles. The van der Waals surface area contributed by atoms with E-state index < -0.39 is 20.9 Å². The minimum atomic E-state index is -3.34. The third kappa shape index (κ3) is 5.71. The molecule has 136 valence electrons. The Kier molecular flexibility index (Phi) is 5.73. The molecule has 0 atom stereocenters. The van der Waals surface area contributed by atoms with Crippen LogP contribution >= 0.6 is 0 Å². The van der Waals surface area contributed by atoms with E-state index in [0.717, 1.165) is 6.26 Å². The molecule has 2 aromatic rings. The van der Waals surface area contributed by atoms with Gasteiger partial charge >= 0.3 is 0 Å². The predicted octanol–water partition coefficient (Wildman–Crippen LogP) is 2.93. The Hall–Kier alpha value is -3.20. The second-order valence-corrected chi connectivity index (χ2v) is 7.33. The number of nitro benzene ring substituents is 1. The van der Waals surface area contributed by atoms with Crippen molar-refractivity contribution in [1.82, 2.24) is 0 Å². The minimum absolute atomic E-state index is 0.0688. The zero-order valence-corrected chi connectivity index (χ0v) is 14.9. The van der Waals surface area contributed by atoms with Gasteiger partial charge < -0.3 is 5.32 Å². The Morgan fingerprint density at radius 3 is 2.31 bits per heavy atom. The fourth-order valence-corrected chi connectivity index (χ4v) is 2.68. The number of hydrogen-bond acceptors (Lipinski definition) is 5. The van der Waals surface area contributed by atoms with Crippen molar-refractivity contribution in [2.24, 2.45) is 0 Å². The van der Waals surface area contributed by atoms with Crippen LogP contribution in [0, 0.1) is 17.0 Å². The second kappa shape index (κ2) is 7.79. The molecule has 0 saturated carbocycles. The molecule has 0 aromatic heterocycles. The van der Waals surface area contributed by atoms with Crippen LogP contribution in [0.1, 0.15) is 11.1 Å². The maximum atomic E-state index is 11.9. The van der Waals surface area contributed by atoms with Crippen LogP contribution < -0.4 is 10.0 Å². The normalized spacial score (nSPS) is 11.3. The van der Waals surface area contributed by atoms with Crippen LogP contribution in [0.2, 0.25) is 0 Å². The standard InChI is InChI=1S/C17H17N3O5S/c1-12-3-7-15(11-16(12)20(22)23)18-17(21)10-6-13-4-8-14(9-5-13)19-26(2,24)25/h3-11,19H,1-2H3,(H,18,21)/b10-6+. The van der Waals surface area contributed by atoms with Crippen molar-refractivity contribution >= 4 is 39.1 Å². The molecule has 0 radical (unpaired) electrons. The maximum Gasteiger partial charge on any atom is 0.274 e. The zero-order chi connectivity index (χ0) is 19.3. The lowest BCUT2D eigenvalue weighted by atomic mass is 10.2. The van der Waals surface area contributed by atoms with Crippen LogP contribution in [0.5, 0.6) is 0 Å². The van der Waals surface area contributed by atoms with Crippen molar-refractivity contribution in [3.63, 3.8) is 0 Å². The summed E-state index contributed by atoms with van der Waals surface area (Å²) in [7, 11) is -3.34. The topological polar surface area (TPSA) is 118 Å². The van der Waals surface area contributed by atoms with Gasteiger partial charge in [0.2, 0.25) is 15.9 Å². The number of nitro groups is 1. The van der Waals surface area contributed by atoms with E-state index in [2.05, 4.69) is 10.0 Å². The Morgan fingerprint density at radius 1 is 1.12 bits per heavy atom. The molecule has 0 aliphatic rings. The molecule has 9 heteroatoms. The number of sulfonamides is 1. The molecule has 2 N–H and O–H groups in total. The number of rotatable bonds is 6. The summed E-state index contributed by atoms with van der Waals surface area (Å²) in [6, 6.07) is 10.9. The van der Waals surface area contributed by atoms with E-state index >= 15 is 0 Å². The van der Waals surface area contributed by atoms with Gasteiger partial charge in [0.15, 0.2) is 0 Å². The average molecular weight is 375 g/mol. The number of nitrogens with one attached hydrogen (secondary N) is 2. The number of hydrogen-bond donors (Lipinski definition) is 2. The van der Waals surface area contributed by atoms with Crippen LogP contribution in [0.15, 0.2) is 48.5 Å². The number of nitrogens with zero attached hydrogens (tertiary/aromatic N) is 1.